The summed E-state index contributed by atoms with van der Waals surface area (Å²) in [5, 5.41) is 13.5. The number of carbonyl (C=O) groups is 2. The molecule has 2 amide bonds. The lowest BCUT2D eigenvalue weighted by Gasteiger charge is -2.20. The van der Waals surface area contributed by atoms with Gasteiger partial charge in [0.25, 0.3) is 0 Å². The van der Waals surface area contributed by atoms with E-state index in [1.807, 2.05) is 11.4 Å². The van der Waals surface area contributed by atoms with Crippen molar-refractivity contribution in [3.63, 3.8) is 0 Å². The number of nitrogens with one attached hydrogen (secondary N) is 1. The van der Waals surface area contributed by atoms with Gasteiger partial charge in [0.1, 0.15) is 6.54 Å². The molecule has 1 aromatic rings. The molecule has 5 nitrogen and oxygen atoms in total. The first kappa shape index (κ1) is 14.3. The van der Waals surface area contributed by atoms with Crippen LogP contribution in [0.1, 0.15) is 17.7 Å². The number of aliphatic carboxylic acids is 1. The van der Waals surface area contributed by atoms with E-state index in [0.29, 0.717) is 19.0 Å². The standard InChI is InChI=1S/C12H15BrN2O3S/c13-9-3-4-19-10(9)5-14-12(18)15(7-11(16)17)6-8-1-2-8/h3-4,8H,1-2,5-7H2,(H,14,18)(H,16,17). The van der Waals surface area contributed by atoms with Gasteiger partial charge in [-0.05, 0) is 46.1 Å². The van der Waals surface area contributed by atoms with E-state index in [9.17, 15) is 9.59 Å². The van der Waals surface area contributed by atoms with Crippen LogP contribution in [0.25, 0.3) is 0 Å². The second-order valence-electron chi connectivity index (χ2n) is 4.57. The summed E-state index contributed by atoms with van der Waals surface area (Å²) in [6.07, 6.45) is 2.17. The van der Waals surface area contributed by atoms with Crippen molar-refractivity contribution in [2.75, 3.05) is 13.1 Å². The first-order valence-electron chi connectivity index (χ1n) is 6.02. The summed E-state index contributed by atoms with van der Waals surface area (Å²) in [7, 11) is 0. The van der Waals surface area contributed by atoms with Crippen molar-refractivity contribution in [2.45, 2.75) is 19.4 Å². The van der Waals surface area contributed by atoms with Crippen molar-refractivity contribution in [2.24, 2.45) is 5.92 Å². The van der Waals surface area contributed by atoms with Crippen molar-refractivity contribution in [1.82, 2.24) is 10.2 Å². The molecular weight excluding hydrogens is 332 g/mol. The molecule has 1 fully saturated rings. The van der Waals surface area contributed by atoms with Gasteiger partial charge in [0, 0.05) is 15.9 Å². The smallest absolute Gasteiger partial charge is 0.323 e. The number of carbonyl (C=O) groups excluding carboxylic acids is 1. The Kier molecular flexibility index (Phi) is 4.81. The molecule has 1 aromatic heterocycles. The summed E-state index contributed by atoms with van der Waals surface area (Å²) in [5.41, 5.74) is 0. The second kappa shape index (κ2) is 6.38. The Labute approximate surface area is 123 Å². The van der Waals surface area contributed by atoms with Crippen LogP contribution in [0.4, 0.5) is 4.79 Å². The lowest BCUT2D eigenvalue weighted by molar-refractivity contribution is -0.137. The first-order valence-corrected chi connectivity index (χ1v) is 7.70. The summed E-state index contributed by atoms with van der Waals surface area (Å²) in [6.45, 7) is 0.704. The predicted octanol–water partition coefficient (Wildman–Crippen LogP) is 2.52. The number of amides is 2. The van der Waals surface area contributed by atoms with E-state index in [1.54, 1.807) is 11.3 Å². The average molecular weight is 347 g/mol. The normalized spacial score (nSPS) is 14.2. The van der Waals surface area contributed by atoms with E-state index >= 15 is 0 Å². The molecule has 0 saturated heterocycles. The number of rotatable bonds is 6. The molecule has 0 aromatic carbocycles. The van der Waals surface area contributed by atoms with E-state index in [4.69, 9.17) is 5.11 Å². The monoisotopic (exact) mass is 346 g/mol. The number of thiophene rings is 1. The number of halogens is 1. The van der Waals surface area contributed by atoms with Gasteiger partial charge in [-0.1, -0.05) is 0 Å². The van der Waals surface area contributed by atoms with Gasteiger partial charge in [-0.3, -0.25) is 4.79 Å². The maximum absolute atomic E-state index is 12.0. The van der Waals surface area contributed by atoms with Gasteiger partial charge in [0.05, 0.1) is 6.54 Å². The van der Waals surface area contributed by atoms with E-state index in [-0.39, 0.29) is 12.6 Å². The van der Waals surface area contributed by atoms with Gasteiger partial charge in [-0.15, -0.1) is 11.3 Å². The van der Waals surface area contributed by atoms with Gasteiger partial charge in [0.15, 0.2) is 0 Å². The Bertz CT molecular complexity index is 473. The van der Waals surface area contributed by atoms with Crippen LogP contribution in [-0.4, -0.2) is 35.1 Å². The van der Waals surface area contributed by atoms with Gasteiger partial charge < -0.3 is 15.3 Å². The van der Waals surface area contributed by atoms with Gasteiger partial charge in [-0.2, -0.15) is 0 Å². The molecule has 0 spiro atoms. The molecule has 2 N–H and O–H groups in total. The molecule has 104 valence electrons. The summed E-state index contributed by atoms with van der Waals surface area (Å²) >= 11 is 4.94. The molecule has 0 aliphatic heterocycles. The molecule has 0 atom stereocenters. The molecule has 2 rings (SSSR count). The fourth-order valence-electron chi connectivity index (χ4n) is 1.71. The molecule has 1 saturated carbocycles. The Balaban J connectivity index is 1.87. The number of hydrogen-bond acceptors (Lipinski definition) is 3. The van der Waals surface area contributed by atoms with Gasteiger partial charge in [-0.25, -0.2) is 4.79 Å². The molecule has 0 radical (unpaired) electrons. The zero-order chi connectivity index (χ0) is 13.8. The van der Waals surface area contributed by atoms with Crippen LogP contribution < -0.4 is 5.32 Å². The number of nitrogens with zero attached hydrogens (tertiary/aromatic N) is 1. The summed E-state index contributed by atoms with van der Waals surface area (Å²) < 4.78 is 0.963. The van der Waals surface area contributed by atoms with Crippen LogP contribution >= 0.6 is 27.3 Å². The molecule has 0 bridgehead atoms. The zero-order valence-electron chi connectivity index (χ0n) is 10.3. The van der Waals surface area contributed by atoms with Crippen molar-refractivity contribution in [3.05, 3.63) is 20.8 Å². The second-order valence-corrected chi connectivity index (χ2v) is 6.42. The molecule has 1 aliphatic carbocycles. The molecule has 0 unspecified atom stereocenters. The summed E-state index contributed by atoms with van der Waals surface area (Å²) in [4.78, 5) is 25.2. The van der Waals surface area contributed by atoms with Crippen LogP contribution in [-0.2, 0) is 11.3 Å². The van der Waals surface area contributed by atoms with Crippen molar-refractivity contribution >= 4 is 39.3 Å². The quantitative estimate of drug-likeness (QED) is 0.831. The Morgan fingerprint density at radius 2 is 2.26 bits per heavy atom. The highest BCUT2D eigenvalue weighted by molar-refractivity contribution is 9.10. The van der Waals surface area contributed by atoms with Crippen LogP contribution in [0.3, 0.4) is 0 Å². The third kappa shape index (κ3) is 4.50. The molecule has 1 heterocycles. The minimum atomic E-state index is -0.979. The van der Waals surface area contributed by atoms with Crippen molar-refractivity contribution in [3.8, 4) is 0 Å². The maximum Gasteiger partial charge on any atom is 0.323 e. The largest absolute Gasteiger partial charge is 0.480 e. The fraction of sp³-hybridized carbons (Fsp3) is 0.500. The highest BCUT2D eigenvalue weighted by atomic mass is 79.9. The molecular formula is C12H15BrN2O3S. The highest BCUT2D eigenvalue weighted by Crippen LogP contribution is 2.29. The van der Waals surface area contributed by atoms with Crippen LogP contribution in [0.2, 0.25) is 0 Å². The molecule has 7 heteroatoms. The highest BCUT2D eigenvalue weighted by Gasteiger charge is 2.27. The Morgan fingerprint density at radius 1 is 1.53 bits per heavy atom. The van der Waals surface area contributed by atoms with E-state index in [0.717, 1.165) is 22.2 Å². The molecule has 1 aliphatic rings. The van der Waals surface area contributed by atoms with Crippen LogP contribution in [0.15, 0.2) is 15.9 Å². The van der Waals surface area contributed by atoms with Crippen molar-refractivity contribution in [1.29, 1.82) is 0 Å². The summed E-state index contributed by atoms with van der Waals surface area (Å²) in [6, 6.07) is 1.61. The average Bonchev–Trinajstić information content (AvgIpc) is 3.07. The number of carboxylic acid groups (broad SMARTS) is 1. The SMILES string of the molecule is O=C(O)CN(CC1CC1)C(=O)NCc1sccc1Br. The number of urea groups is 1. The molecule has 19 heavy (non-hydrogen) atoms. The third-order valence-electron chi connectivity index (χ3n) is 2.88. The van der Waals surface area contributed by atoms with Gasteiger partial charge >= 0.3 is 12.0 Å². The van der Waals surface area contributed by atoms with Crippen LogP contribution in [0, 0.1) is 5.92 Å². The minimum Gasteiger partial charge on any atom is -0.480 e. The lowest BCUT2D eigenvalue weighted by Crippen LogP contribution is -2.43. The van der Waals surface area contributed by atoms with Crippen molar-refractivity contribution < 1.29 is 14.7 Å². The number of carboxylic acids is 1. The van der Waals surface area contributed by atoms with E-state index in [1.165, 1.54) is 4.90 Å². The fourth-order valence-corrected chi connectivity index (χ4v) is 3.15. The predicted molar refractivity (Wildman–Crippen MR) is 76.2 cm³/mol. The maximum atomic E-state index is 12.0. The van der Waals surface area contributed by atoms with E-state index < -0.39 is 5.97 Å². The lowest BCUT2D eigenvalue weighted by atomic mass is 10.3. The van der Waals surface area contributed by atoms with E-state index in [2.05, 4.69) is 21.2 Å². The zero-order valence-corrected chi connectivity index (χ0v) is 12.7. The minimum absolute atomic E-state index is 0.242. The Morgan fingerprint density at radius 3 is 2.79 bits per heavy atom. The van der Waals surface area contributed by atoms with Gasteiger partial charge in [0.2, 0.25) is 0 Å². The summed E-state index contributed by atoms with van der Waals surface area (Å²) in [5.74, 6) is -0.508. The topological polar surface area (TPSA) is 69.6 Å². The first-order chi connectivity index (χ1) is 9.06. The third-order valence-corrected chi connectivity index (χ3v) is 4.81. The van der Waals surface area contributed by atoms with Crippen LogP contribution in [0.5, 0.6) is 0 Å². The Hall–Kier alpha value is -1.08. The number of hydrogen-bond donors (Lipinski definition) is 2.